The van der Waals surface area contributed by atoms with E-state index in [1.54, 1.807) is 25.2 Å². The number of rotatable bonds is 11. The van der Waals surface area contributed by atoms with E-state index in [0.717, 1.165) is 27.6 Å². The van der Waals surface area contributed by atoms with E-state index >= 15 is 0 Å². The van der Waals surface area contributed by atoms with Gasteiger partial charge in [0.1, 0.15) is 0 Å². The number of carbonyl (C=O) groups excluding carboxylic acids is 4. The summed E-state index contributed by atoms with van der Waals surface area (Å²) < 4.78 is 0. The van der Waals surface area contributed by atoms with E-state index in [4.69, 9.17) is 4.99 Å². The van der Waals surface area contributed by atoms with Gasteiger partial charge in [-0.25, -0.2) is 9.79 Å². The number of carboxylic acids is 2. The number of hydrogen-bond donors (Lipinski definition) is 3. The topological polar surface area (TPSA) is 169 Å². The second kappa shape index (κ2) is 12.4. The number of carbonyl (C=O) groups is 4. The minimum Gasteiger partial charge on any atom is -0.550 e. The highest BCUT2D eigenvalue weighted by molar-refractivity contribution is 6.24. The van der Waals surface area contributed by atoms with E-state index in [-0.39, 0.29) is 43.4 Å². The van der Waals surface area contributed by atoms with E-state index < -0.39 is 11.9 Å². The molecule has 222 valence electrons. The van der Waals surface area contributed by atoms with E-state index in [9.17, 15) is 29.4 Å². The zero-order valence-electron chi connectivity index (χ0n) is 24.6. The molecule has 0 aromatic carbocycles. The fourth-order valence-electron chi connectivity index (χ4n) is 5.42. The van der Waals surface area contributed by atoms with Crippen LogP contribution in [0.4, 0.5) is 0 Å². The van der Waals surface area contributed by atoms with Crippen LogP contribution in [-0.2, 0) is 19.2 Å². The number of aliphatic carboxylic acids is 2. The Kier molecular flexibility index (Phi) is 8.89. The molecule has 3 aliphatic heterocycles. The van der Waals surface area contributed by atoms with Crippen molar-refractivity contribution in [1.82, 2.24) is 10.3 Å². The number of aromatic nitrogens is 1. The van der Waals surface area contributed by atoms with E-state index in [1.807, 2.05) is 32.9 Å². The molecule has 0 bridgehead atoms. The van der Waals surface area contributed by atoms with Crippen molar-refractivity contribution < 1.29 is 34.4 Å². The lowest BCUT2D eigenvalue weighted by molar-refractivity contribution is -0.367. The van der Waals surface area contributed by atoms with Gasteiger partial charge in [-0.15, -0.1) is 0 Å². The monoisotopic (exact) mass is 581 g/mol. The van der Waals surface area contributed by atoms with Gasteiger partial charge >= 0.3 is 5.91 Å². The van der Waals surface area contributed by atoms with Gasteiger partial charge in [0.2, 0.25) is 11.6 Å². The van der Waals surface area contributed by atoms with Crippen molar-refractivity contribution in [3.05, 3.63) is 86.4 Å². The summed E-state index contributed by atoms with van der Waals surface area (Å²) >= 11 is 0. The van der Waals surface area contributed by atoms with Gasteiger partial charge in [0.05, 0.1) is 22.9 Å². The average Bonchev–Trinajstić information content (AvgIpc) is 3.59. The lowest BCUT2D eigenvalue weighted by Crippen LogP contribution is -2.74. The van der Waals surface area contributed by atoms with Gasteiger partial charge in [-0.05, 0) is 87.8 Å². The second-order valence-electron chi connectivity index (χ2n) is 10.6. The first-order valence-corrected chi connectivity index (χ1v) is 13.9. The van der Waals surface area contributed by atoms with Crippen molar-refractivity contribution in [2.45, 2.75) is 53.4 Å². The smallest absolute Gasteiger partial charge is 0.414 e. The number of allylic oxidation sites excluding steroid dienone is 6. The quantitative estimate of drug-likeness (QED) is 0.297. The van der Waals surface area contributed by atoms with Crippen LogP contribution < -0.4 is 31.2 Å². The van der Waals surface area contributed by atoms with Crippen molar-refractivity contribution in [1.29, 1.82) is 0 Å². The lowest BCUT2D eigenvalue weighted by Gasteiger charge is -2.07. The number of aromatic amines is 1. The van der Waals surface area contributed by atoms with Crippen LogP contribution in [0.1, 0.15) is 57.6 Å². The SMILES string of the molecule is C=CC1=C(/C=c2\[nH]/c(=C\C3=NC(=C\C4=[NH+]C(=O)C(C)=C4CCC(=O)[O-])/C(CCC(=O)[O-])=C3C)c(C=C)c2C)NC(=O)C1C. The molecular formula is C33H33N4O6-. The predicted molar refractivity (Wildman–Crippen MR) is 159 cm³/mol. The van der Waals surface area contributed by atoms with Gasteiger partial charge in [-0.2, -0.15) is 4.99 Å². The molecule has 10 heteroatoms. The fourth-order valence-corrected chi connectivity index (χ4v) is 5.42. The van der Waals surface area contributed by atoms with Gasteiger partial charge < -0.3 is 30.1 Å². The Bertz CT molecular complexity index is 1810. The Morgan fingerprint density at radius 1 is 0.930 bits per heavy atom. The highest BCUT2D eigenvalue weighted by Crippen LogP contribution is 2.31. The van der Waals surface area contributed by atoms with Crippen LogP contribution in [0, 0.1) is 12.8 Å². The Balaban J connectivity index is 1.83. The fraction of sp³-hybridized carbons (Fsp3) is 0.273. The molecule has 4 rings (SSSR count). The van der Waals surface area contributed by atoms with Crippen LogP contribution in [0.3, 0.4) is 0 Å². The molecular weight excluding hydrogens is 548 g/mol. The number of carboxylic acid groups (broad SMARTS) is 2. The molecule has 3 aliphatic rings. The summed E-state index contributed by atoms with van der Waals surface area (Å²) in [6.07, 6.45) is 8.48. The molecule has 1 unspecified atom stereocenters. The highest BCUT2D eigenvalue weighted by atomic mass is 16.4. The van der Waals surface area contributed by atoms with Crippen molar-refractivity contribution in [2.24, 2.45) is 10.9 Å². The Morgan fingerprint density at radius 2 is 1.58 bits per heavy atom. The number of amides is 2. The molecule has 0 spiro atoms. The van der Waals surface area contributed by atoms with Gasteiger partial charge in [0, 0.05) is 45.5 Å². The molecule has 4 heterocycles. The van der Waals surface area contributed by atoms with Crippen molar-refractivity contribution in [3.63, 3.8) is 0 Å². The number of H-pyrrole nitrogens is 1. The Morgan fingerprint density at radius 3 is 2.19 bits per heavy atom. The first-order valence-electron chi connectivity index (χ1n) is 13.9. The molecule has 0 aliphatic carbocycles. The van der Waals surface area contributed by atoms with Crippen LogP contribution in [-0.4, -0.2) is 40.2 Å². The molecule has 0 radical (unpaired) electrons. The van der Waals surface area contributed by atoms with Gasteiger partial charge in [-0.3, -0.25) is 4.79 Å². The summed E-state index contributed by atoms with van der Waals surface area (Å²) in [6, 6.07) is 0. The summed E-state index contributed by atoms with van der Waals surface area (Å²) in [7, 11) is 0. The van der Waals surface area contributed by atoms with Crippen molar-refractivity contribution in [2.75, 3.05) is 0 Å². The van der Waals surface area contributed by atoms with Crippen LogP contribution in [0.2, 0.25) is 0 Å². The normalized spacial score (nSPS) is 20.5. The zero-order valence-corrected chi connectivity index (χ0v) is 24.6. The lowest BCUT2D eigenvalue weighted by atomic mass is 9.97. The number of nitrogens with zero attached hydrogens (tertiary/aromatic N) is 1. The average molecular weight is 582 g/mol. The third-order valence-corrected chi connectivity index (χ3v) is 7.98. The van der Waals surface area contributed by atoms with Crippen molar-refractivity contribution >= 4 is 53.4 Å². The minimum atomic E-state index is -1.23. The summed E-state index contributed by atoms with van der Waals surface area (Å²) in [4.78, 5) is 58.0. The third kappa shape index (κ3) is 6.23. The zero-order chi connectivity index (χ0) is 31.6. The predicted octanol–water partition coefficient (Wildman–Crippen LogP) is -1.17. The van der Waals surface area contributed by atoms with E-state index in [2.05, 4.69) is 28.5 Å². The summed E-state index contributed by atoms with van der Waals surface area (Å²) in [5.74, 6) is -3.19. The molecule has 0 saturated heterocycles. The van der Waals surface area contributed by atoms with Gasteiger partial charge in [0.15, 0.2) is 0 Å². The molecule has 0 fully saturated rings. The number of nitrogens with one attached hydrogen (secondary N) is 3. The highest BCUT2D eigenvalue weighted by Gasteiger charge is 2.31. The third-order valence-electron chi connectivity index (χ3n) is 7.98. The molecule has 1 aromatic rings. The minimum absolute atomic E-state index is 0.0960. The second-order valence-corrected chi connectivity index (χ2v) is 10.6. The van der Waals surface area contributed by atoms with E-state index in [1.165, 1.54) is 0 Å². The van der Waals surface area contributed by atoms with Crippen molar-refractivity contribution in [3.8, 4) is 0 Å². The standard InChI is InChI=1S/C33H34N4O6/c1-7-20-16(3)24(14-27-21(8-2)18(5)32(42)36-27)34-26(20)13-25-17(4)22(9-11-30(38)39)28(35-25)15-29-23(10-12-31(40)41)19(6)33(43)37-29/h7-8,13-15,18,34H,1-2,9-12H2,3-6H3,(H,36,42)(H,38,39)(H,40,41)/p-1/b24-14-,26-13-,28-15-. The van der Waals surface area contributed by atoms with Gasteiger partial charge in [-0.1, -0.05) is 25.3 Å². The maximum absolute atomic E-state index is 12.4. The molecule has 0 saturated carbocycles. The van der Waals surface area contributed by atoms with E-state index in [0.29, 0.717) is 44.9 Å². The van der Waals surface area contributed by atoms with Crippen LogP contribution >= 0.6 is 0 Å². The molecule has 43 heavy (non-hydrogen) atoms. The van der Waals surface area contributed by atoms with Crippen LogP contribution in [0.25, 0.3) is 18.2 Å². The number of aliphatic imine (C=N–C) groups is 1. The van der Waals surface area contributed by atoms with Crippen LogP contribution in [0.15, 0.2) is 69.6 Å². The van der Waals surface area contributed by atoms with Gasteiger partial charge in [0.25, 0.3) is 0 Å². The maximum atomic E-state index is 12.4. The maximum Gasteiger partial charge on any atom is 0.414 e. The molecule has 2 amide bonds. The Labute approximate surface area is 248 Å². The Hall–Kier alpha value is -5.12. The number of hydrogen-bond acceptors (Lipinski definition) is 7. The summed E-state index contributed by atoms with van der Waals surface area (Å²) in [5, 5.41) is 26.8. The molecule has 1 atom stereocenters. The summed E-state index contributed by atoms with van der Waals surface area (Å²) in [5.41, 5.74) is 7.01. The van der Waals surface area contributed by atoms with Crippen LogP contribution in [0.5, 0.6) is 0 Å². The molecule has 3 N–H and O–H groups in total. The first kappa shape index (κ1) is 30.8. The molecule has 10 nitrogen and oxygen atoms in total. The summed E-state index contributed by atoms with van der Waals surface area (Å²) in [6.45, 7) is 15.0. The first-order chi connectivity index (χ1) is 20.4. The largest absolute Gasteiger partial charge is 0.550 e. The molecule has 1 aromatic heterocycles.